The average molecular weight is 319 g/mol. The van der Waals surface area contributed by atoms with E-state index in [9.17, 15) is 4.79 Å². The first-order valence-electron chi connectivity index (χ1n) is 6.93. The predicted molar refractivity (Wildman–Crippen MR) is 89.6 cm³/mol. The number of ether oxygens (including phenoxy) is 1. The van der Waals surface area contributed by atoms with E-state index in [2.05, 4.69) is 5.32 Å². The van der Waals surface area contributed by atoms with Crippen LogP contribution in [0.3, 0.4) is 0 Å². The van der Waals surface area contributed by atoms with Crippen LogP contribution in [0.5, 0.6) is 0 Å². The number of amides is 1. The molecule has 2 rings (SSSR count). The van der Waals surface area contributed by atoms with Crippen molar-refractivity contribution >= 4 is 23.4 Å². The molecule has 1 unspecified atom stereocenters. The third kappa shape index (κ3) is 3.71. The lowest BCUT2D eigenvalue weighted by Crippen LogP contribution is -2.24. The van der Waals surface area contributed by atoms with Crippen LogP contribution in [0.25, 0.3) is 0 Å². The number of rotatable bonds is 4. The highest BCUT2D eigenvalue weighted by molar-refractivity contribution is 6.30. The van der Waals surface area contributed by atoms with Crippen LogP contribution in [0.2, 0.25) is 5.02 Å². The molecule has 116 valence electrons. The van der Waals surface area contributed by atoms with Crippen LogP contribution in [0.1, 0.15) is 17.2 Å². The van der Waals surface area contributed by atoms with Gasteiger partial charge in [0, 0.05) is 37.4 Å². The van der Waals surface area contributed by atoms with E-state index in [4.69, 9.17) is 16.3 Å². The molecule has 0 heterocycles. The summed E-state index contributed by atoms with van der Waals surface area (Å²) in [6.45, 7) is 0. The van der Waals surface area contributed by atoms with Gasteiger partial charge in [-0.25, -0.2) is 4.79 Å². The second-order valence-electron chi connectivity index (χ2n) is 5.04. The Morgan fingerprint density at radius 1 is 1.18 bits per heavy atom. The second kappa shape index (κ2) is 7.18. The molecule has 1 amide bonds. The van der Waals surface area contributed by atoms with Gasteiger partial charge in [-0.15, -0.1) is 0 Å². The third-order valence-corrected chi connectivity index (χ3v) is 3.52. The van der Waals surface area contributed by atoms with Gasteiger partial charge >= 0.3 is 6.09 Å². The van der Waals surface area contributed by atoms with Crippen LogP contribution >= 0.6 is 11.6 Å². The zero-order chi connectivity index (χ0) is 16.1. The minimum absolute atomic E-state index is 0.487. The van der Waals surface area contributed by atoms with Gasteiger partial charge in [0.15, 0.2) is 6.10 Å². The van der Waals surface area contributed by atoms with Gasteiger partial charge in [0.1, 0.15) is 0 Å². The van der Waals surface area contributed by atoms with Crippen LogP contribution in [0, 0.1) is 0 Å². The first-order valence-corrected chi connectivity index (χ1v) is 7.30. The summed E-state index contributed by atoms with van der Waals surface area (Å²) in [6, 6.07) is 15.2. The van der Waals surface area contributed by atoms with Gasteiger partial charge < -0.3 is 15.0 Å². The van der Waals surface area contributed by atoms with Crippen LogP contribution in [-0.4, -0.2) is 27.2 Å². The van der Waals surface area contributed by atoms with Gasteiger partial charge in [-0.3, -0.25) is 0 Å². The smallest absolute Gasteiger partial charge is 0.407 e. The number of anilines is 1. The van der Waals surface area contributed by atoms with E-state index in [1.807, 2.05) is 67.5 Å². The fourth-order valence-electron chi connectivity index (χ4n) is 2.25. The first kappa shape index (κ1) is 16.2. The molecule has 0 bridgehead atoms. The molecule has 0 radical (unpaired) electrons. The van der Waals surface area contributed by atoms with Crippen LogP contribution in [0.4, 0.5) is 10.5 Å². The normalized spacial score (nSPS) is 11.6. The molecular weight excluding hydrogens is 300 g/mol. The van der Waals surface area contributed by atoms with Crippen molar-refractivity contribution in [1.82, 2.24) is 5.32 Å². The number of alkyl carbamates (subject to hydrolysis) is 1. The Morgan fingerprint density at radius 2 is 1.86 bits per heavy atom. The number of nitrogens with one attached hydrogen (secondary N) is 1. The van der Waals surface area contributed by atoms with Gasteiger partial charge in [0.2, 0.25) is 0 Å². The van der Waals surface area contributed by atoms with Crippen molar-refractivity contribution in [2.75, 3.05) is 26.0 Å². The molecular formula is C17H19ClN2O2. The number of hydrogen-bond acceptors (Lipinski definition) is 3. The maximum Gasteiger partial charge on any atom is 0.407 e. The maximum atomic E-state index is 11.8. The van der Waals surface area contributed by atoms with E-state index >= 15 is 0 Å². The molecule has 0 aliphatic rings. The molecule has 5 heteroatoms. The van der Waals surface area contributed by atoms with Gasteiger partial charge in [-0.05, 0) is 23.8 Å². The minimum Gasteiger partial charge on any atom is -0.436 e. The Hall–Kier alpha value is -2.20. The molecule has 0 spiro atoms. The zero-order valence-electron chi connectivity index (χ0n) is 12.8. The van der Waals surface area contributed by atoms with Crippen LogP contribution in [0.15, 0.2) is 48.5 Å². The molecule has 1 N–H and O–H groups in total. The summed E-state index contributed by atoms with van der Waals surface area (Å²) in [5.74, 6) is 0. The first-order chi connectivity index (χ1) is 10.5. The summed E-state index contributed by atoms with van der Waals surface area (Å²) in [4.78, 5) is 13.7. The summed E-state index contributed by atoms with van der Waals surface area (Å²) < 4.78 is 5.58. The number of nitrogens with zero attached hydrogens (tertiary/aromatic N) is 1. The SMILES string of the molecule is CNC(=O)OC(c1ccccc1)c1cc(Cl)ccc1N(C)C. The van der Waals surface area contributed by atoms with Gasteiger partial charge in [0.05, 0.1) is 0 Å². The number of halogens is 1. The molecule has 0 saturated heterocycles. The number of carbonyl (C=O) groups is 1. The Kier molecular flexibility index (Phi) is 5.28. The van der Waals surface area contributed by atoms with Gasteiger partial charge in [-0.2, -0.15) is 0 Å². The molecule has 0 aliphatic heterocycles. The van der Waals surface area contributed by atoms with E-state index in [1.54, 1.807) is 0 Å². The Balaban J connectivity index is 2.54. The van der Waals surface area contributed by atoms with Crippen LogP contribution in [-0.2, 0) is 4.74 Å². The lowest BCUT2D eigenvalue weighted by molar-refractivity contribution is 0.119. The Morgan fingerprint density at radius 3 is 2.45 bits per heavy atom. The molecule has 0 saturated carbocycles. The van der Waals surface area contributed by atoms with Crippen molar-refractivity contribution in [3.63, 3.8) is 0 Å². The molecule has 22 heavy (non-hydrogen) atoms. The topological polar surface area (TPSA) is 41.6 Å². The summed E-state index contributed by atoms with van der Waals surface area (Å²) in [5, 5.41) is 3.09. The molecule has 0 fully saturated rings. The molecule has 2 aromatic rings. The molecule has 2 aromatic carbocycles. The Bertz CT molecular complexity index is 644. The molecule has 4 nitrogen and oxygen atoms in total. The summed E-state index contributed by atoms with van der Waals surface area (Å²) >= 11 is 6.15. The minimum atomic E-state index is -0.530. The fourth-order valence-corrected chi connectivity index (χ4v) is 2.43. The third-order valence-electron chi connectivity index (χ3n) is 3.29. The maximum absolute atomic E-state index is 11.8. The average Bonchev–Trinajstić information content (AvgIpc) is 2.52. The van der Waals surface area contributed by atoms with E-state index in [1.165, 1.54) is 7.05 Å². The zero-order valence-corrected chi connectivity index (χ0v) is 13.6. The quantitative estimate of drug-likeness (QED) is 0.931. The monoisotopic (exact) mass is 318 g/mol. The molecule has 1 atom stereocenters. The lowest BCUT2D eigenvalue weighted by Gasteiger charge is -2.24. The lowest BCUT2D eigenvalue weighted by atomic mass is 9.99. The van der Waals surface area contributed by atoms with Gasteiger partial charge in [-0.1, -0.05) is 41.9 Å². The highest BCUT2D eigenvalue weighted by atomic mass is 35.5. The second-order valence-corrected chi connectivity index (χ2v) is 5.48. The highest BCUT2D eigenvalue weighted by Crippen LogP contribution is 2.34. The standard InChI is InChI=1S/C17H19ClN2O2/c1-19-17(21)22-16(12-7-5-4-6-8-12)14-11-13(18)9-10-15(14)20(2)3/h4-11,16H,1-3H3,(H,19,21). The van der Waals surface area contributed by atoms with Crippen molar-refractivity contribution in [3.05, 3.63) is 64.7 Å². The summed E-state index contributed by atoms with van der Waals surface area (Å²) in [5.41, 5.74) is 2.67. The highest BCUT2D eigenvalue weighted by Gasteiger charge is 2.22. The largest absolute Gasteiger partial charge is 0.436 e. The molecule has 0 aromatic heterocycles. The summed E-state index contributed by atoms with van der Waals surface area (Å²) in [7, 11) is 5.42. The van der Waals surface area contributed by atoms with E-state index in [-0.39, 0.29) is 0 Å². The van der Waals surface area contributed by atoms with Gasteiger partial charge in [0.25, 0.3) is 0 Å². The van der Waals surface area contributed by atoms with Crippen molar-refractivity contribution in [2.45, 2.75) is 6.10 Å². The number of carbonyl (C=O) groups excluding carboxylic acids is 1. The van der Waals surface area contributed by atoms with Crippen LogP contribution < -0.4 is 10.2 Å². The fraction of sp³-hybridized carbons (Fsp3) is 0.235. The van der Waals surface area contributed by atoms with Crippen molar-refractivity contribution < 1.29 is 9.53 Å². The van der Waals surface area contributed by atoms with Crippen molar-refractivity contribution in [1.29, 1.82) is 0 Å². The number of hydrogen-bond donors (Lipinski definition) is 1. The van der Waals surface area contributed by atoms with Crippen molar-refractivity contribution in [3.8, 4) is 0 Å². The Labute approximate surface area is 135 Å². The van der Waals surface area contributed by atoms with Crippen molar-refractivity contribution in [2.24, 2.45) is 0 Å². The van der Waals surface area contributed by atoms with E-state index in [0.717, 1.165) is 16.8 Å². The predicted octanol–water partition coefficient (Wildman–Crippen LogP) is 3.85. The van der Waals surface area contributed by atoms with E-state index < -0.39 is 12.2 Å². The molecule has 0 aliphatic carbocycles. The summed E-state index contributed by atoms with van der Waals surface area (Å²) in [6.07, 6.45) is -1.02. The van der Waals surface area contributed by atoms with E-state index in [0.29, 0.717) is 5.02 Å². The number of benzene rings is 2.